The molecule has 0 radical (unpaired) electrons. The molecule has 1 aromatic rings. The van der Waals surface area contributed by atoms with Crippen LogP contribution in [0, 0.1) is 0 Å². The smallest absolute Gasteiger partial charge is 0.218 e. The van der Waals surface area contributed by atoms with Crippen molar-refractivity contribution in [1.29, 1.82) is 0 Å². The standard InChI is InChI=1S/C18H32N4O2.HI/c1-4-7-13-23-14-9-12-21-18(19-5-2)22-15-16-10-8-11-20-17(16)24-6-3;/h8,10-11H,4-7,9,12-15H2,1-3H3,(H2,19,21,22);1H. The van der Waals surface area contributed by atoms with Crippen molar-refractivity contribution in [2.45, 2.75) is 46.6 Å². The zero-order valence-corrected chi connectivity index (χ0v) is 18.0. The van der Waals surface area contributed by atoms with Crippen LogP contribution >= 0.6 is 24.0 Å². The Kier molecular flexibility index (Phi) is 15.7. The molecular weight excluding hydrogens is 431 g/mol. The Morgan fingerprint density at radius 3 is 2.68 bits per heavy atom. The van der Waals surface area contributed by atoms with E-state index in [-0.39, 0.29) is 24.0 Å². The van der Waals surface area contributed by atoms with Crippen LogP contribution in [0.2, 0.25) is 0 Å². The summed E-state index contributed by atoms with van der Waals surface area (Å²) in [6.07, 6.45) is 5.00. The maximum atomic E-state index is 5.56. The molecule has 1 heterocycles. The van der Waals surface area contributed by atoms with Gasteiger partial charge in [-0.05, 0) is 32.8 Å². The van der Waals surface area contributed by atoms with Crippen LogP contribution in [0.15, 0.2) is 23.3 Å². The number of rotatable bonds is 12. The van der Waals surface area contributed by atoms with Gasteiger partial charge >= 0.3 is 0 Å². The largest absolute Gasteiger partial charge is 0.478 e. The first-order valence-electron chi connectivity index (χ1n) is 8.98. The quantitative estimate of drug-likeness (QED) is 0.215. The molecule has 0 aliphatic heterocycles. The number of unbranched alkanes of at least 4 members (excludes halogenated alkanes) is 1. The van der Waals surface area contributed by atoms with Crippen molar-refractivity contribution in [1.82, 2.24) is 15.6 Å². The van der Waals surface area contributed by atoms with Crippen LogP contribution in [0.5, 0.6) is 5.88 Å². The number of guanidine groups is 1. The minimum atomic E-state index is 0. The zero-order valence-electron chi connectivity index (χ0n) is 15.7. The topological polar surface area (TPSA) is 67.8 Å². The molecule has 0 aliphatic rings. The summed E-state index contributed by atoms with van der Waals surface area (Å²) in [6.45, 7) is 10.6. The molecule has 0 unspecified atom stereocenters. The third-order valence-electron chi connectivity index (χ3n) is 3.28. The number of halogens is 1. The van der Waals surface area contributed by atoms with Gasteiger partial charge in [-0.15, -0.1) is 24.0 Å². The van der Waals surface area contributed by atoms with E-state index in [0.717, 1.165) is 50.7 Å². The molecule has 144 valence electrons. The summed E-state index contributed by atoms with van der Waals surface area (Å²) in [5.41, 5.74) is 0.986. The maximum absolute atomic E-state index is 5.56. The Labute approximate surface area is 169 Å². The van der Waals surface area contributed by atoms with Crippen molar-refractivity contribution < 1.29 is 9.47 Å². The molecule has 0 saturated carbocycles. The fourth-order valence-electron chi connectivity index (χ4n) is 2.05. The molecule has 0 bridgehead atoms. The average molecular weight is 464 g/mol. The number of hydrogen-bond acceptors (Lipinski definition) is 4. The number of hydrogen-bond donors (Lipinski definition) is 2. The average Bonchev–Trinajstić information content (AvgIpc) is 2.60. The lowest BCUT2D eigenvalue weighted by Crippen LogP contribution is -2.38. The Bertz CT molecular complexity index is 472. The highest BCUT2D eigenvalue weighted by molar-refractivity contribution is 14.0. The third kappa shape index (κ3) is 11.2. The summed E-state index contributed by atoms with van der Waals surface area (Å²) in [5, 5.41) is 6.58. The van der Waals surface area contributed by atoms with Crippen LogP contribution in [0.25, 0.3) is 0 Å². The highest BCUT2D eigenvalue weighted by Gasteiger charge is 2.04. The van der Waals surface area contributed by atoms with Crippen molar-refractivity contribution in [3.63, 3.8) is 0 Å². The number of nitrogens with one attached hydrogen (secondary N) is 2. The van der Waals surface area contributed by atoms with E-state index in [1.54, 1.807) is 6.20 Å². The first-order chi connectivity index (χ1) is 11.8. The highest BCUT2D eigenvalue weighted by atomic mass is 127. The SMILES string of the molecule is CCCCOCCCNC(=NCc1cccnc1OCC)NCC.I. The van der Waals surface area contributed by atoms with Gasteiger partial charge in [-0.1, -0.05) is 19.4 Å². The molecule has 0 amide bonds. The Hall–Kier alpha value is -1.09. The normalized spacial score (nSPS) is 10.9. The van der Waals surface area contributed by atoms with E-state index in [1.807, 2.05) is 19.1 Å². The van der Waals surface area contributed by atoms with Gasteiger partial charge in [-0.2, -0.15) is 0 Å². The third-order valence-corrected chi connectivity index (χ3v) is 3.28. The van der Waals surface area contributed by atoms with Crippen molar-refractivity contribution >= 4 is 29.9 Å². The van der Waals surface area contributed by atoms with E-state index in [0.29, 0.717) is 19.0 Å². The molecule has 0 fully saturated rings. The van der Waals surface area contributed by atoms with E-state index in [9.17, 15) is 0 Å². The summed E-state index contributed by atoms with van der Waals surface area (Å²) >= 11 is 0. The first-order valence-corrected chi connectivity index (χ1v) is 8.98. The van der Waals surface area contributed by atoms with Gasteiger partial charge in [0.2, 0.25) is 5.88 Å². The van der Waals surface area contributed by atoms with Crippen LogP contribution in [-0.2, 0) is 11.3 Å². The number of nitrogens with zero attached hydrogens (tertiary/aromatic N) is 2. The van der Waals surface area contributed by atoms with Crippen LogP contribution < -0.4 is 15.4 Å². The van der Waals surface area contributed by atoms with Crippen molar-refractivity contribution in [3.8, 4) is 5.88 Å². The molecule has 0 saturated heterocycles. The second-order valence-electron chi connectivity index (χ2n) is 5.34. The van der Waals surface area contributed by atoms with E-state index in [1.165, 1.54) is 6.42 Å². The van der Waals surface area contributed by atoms with Crippen LogP contribution in [-0.4, -0.2) is 43.9 Å². The molecular formula is C18H33IN4O2. The second kappa shape index (κ2) is 16.4. The molecule has 6 nitrogen and oxygen atoms in total. The summed E-state index contributed by atoms with van der Waals surface area (Å²) in [4.78, 5) is 8.86. The lowest BCUT2D eigenvalue weighted by Gasteiger charge is -2.12. The number of aromatic nitrogens is 1. The summed E-state index contributed by atoms with van der Waals surface area (Å²) in [5.74, 6) is 1.46. The predicted octanol–water partition coefficient (Wildman–Crippen LogP) is 3.36. The van der Waals surface area contributed by atoms with Crippen LogP contribution in [0.4, 0.5) is 0 Å². The van der Waals surface area contributed by atoms with Gasteiger partial charge in [0, 0.05) is 38.1 Å². The molecule has 0 aliphatic carbocycles. The molecule has 1 aromatic heterocycles. The van der Waals surface area contributed by atoms with Gasteiger partial charge in [0.1, 0.15) is 0 Å². The lowest BCUT2D eigenvalue weighted by atomic mass is 10.3. The number of pyridine rings is 1. The van der Waals surface area contributed by atoms with Gasteiger partial charge < -0.3 is 20.1 Å². The number of aliphatic imine (C=N–C) groups is 1. The van der Waals surface area contributed by atoms with Crippen molar-refractivity contribution in [2.24, 2.45) is 4.99 Å². The van der Waals surface area contributed by atoms with Crippen LogP contribution in [0.1, 0.15) is 45.6 Å². The van der Waals surface area contributed by atoms with Gasteiger partial charge in [-0.25, -0.2) is 9.98 Å². The monoisotopic (exact) mass is 464 g/mol. The van der Waals surface area contributed by atoms with Crippen molar-refractivity contribution in [3.05, 3.63) is 23.9 Å². The van der Waals surface area contributed by atoms with E-state index < -0.39 is 0 Å². The summed E-state index contributed by atoms with van der Waals surface area (Å²) in [7, 11) is 0. The summed E-state index contributed by atoms with van der Waals surface area (Å²) < 4.78 is 11.1. The van der Waals surface area contributed by atoms with Crippen molar-refractivity contribution in [2.75, 3.05) is 32.9 Å². The minimum absolute atomic E-state index is 0. The molecule has 7 heteroatoms. The predicted molar refractivity (Wildman–Crippen MR) is 114 cm³/mol. The second-order valence-corrected chi connectivity index (χ2v) is 5.34. The molecule has 0 aromatic carbocycles. The molecule has 2 N–H and O–H groups in total. The fourth-order valence-corrected chi connectivity index (χ4v) is 2.05. The van der Waals surface area contributed by atoms with Gasteiger partial charge in [0.05, 0.1) is 13.2 Å². The van der Waals surface area contributed by atoms with Gasteiger partial charge in [0.25, 0.3) is 0 Å². The molecule has 0 atom stereocenters. The summed E-state index contributed by atoms with van der Waals surface area (Å²) in [6, 6.07) is 3.90. The first kappa shape index (κ1) is 23.9. The Balaban J connectivity index is 0.00000576. The Morgan fingerprint density at radius 2 is 1.96 bits per heavy atom. The Morgan fingerprint density at radius 1 is 1.16 bits per heavy atom. The van der Waals surface area contributed by atoms with E-state index in [4.69, 9.17) is 9.47 Å². The van der Waals surface area contributed by atoms with E-state index >= 15 is 0 Å². The molecule has 0 spiro atoms. The van der Waals surface area contributed by atoms with E-state index in [2.05, 4.69) is 34.5 Å². The molecule has 1 rings (SSSR count). The molecule has 25 heavy (non-hydrogen) atoms. The van der Waals surface area contributed by atoms with Gasteiger partial charge in [0.15, 0.2) is 5.96 Å². The van der Waals surface area contributed by atoms with Gasteiger partial charge in [-0.3, -0.25) is 0 Å². The fraction of sp³-hybridized carbons (Fsp3) is 0.667. The number of ether oxygens (including phenoxy) is 2. The lowest BCUT2D eigenvalue weighted by molar-refractivity contribution is 0.129. The maximum Gasteiger partial charge on any atom is 0.218 e. The van der Waals surface area contributed by atoms with Crippen LogP contribution in [0.3, 0.4) is 0 Å². The minimum Gasteiger partial charge on any atom is -0.478 e. The highest BCUT2D eigenvalue weighted by Crippen LogP contribution is 2.15. The zero-order chi connectivity index (χ0) is 17.5.